The van der Waals surface area contributed by atoms with Gasteiger partial charge in [0.25, 0.3) is 5.89 Å². The van der Waals surface area contributed by atoms with E-state index in [0.717, 1.165) is 6.07 Å². The molecule has 0 bridgehead atoms. The van der Waals surface area contributed by atoms with E-state index in [1.54, 1.807) is 0 Å². The highest BCUT2D eigenvalue weighted by atomic mass is 19.1. The van der Waals surface area contributed by atoms with E-state index in [-0.39, 0.29) is 17.2 Å². The summed E-state index contributed by atoms with van der Waals surface area (Å²) >= 11 is 0. The first-order valence-corrected chi connectivity index (χ1v) is 3.51. The molecule has 5 heteroatoms. The second-order valence-electron chi connectivity index (χ2n) is 2.51. The number of halogens is 1. The summed E-state index contributed by atoms with van der Waals surface area (Å²) in [5.41, 5.74) is 5.87. The Kier molecular flexibility index (Phi) is 1.51. The molecule has 0 fully saturated rings. The third-order valence-electron chi connectivity index (χ3n) is 1.62. The van der Waals surface area contributed by atoms with Gasteiger partial charge >= 0.3 is 0 Å². The smallest absolute Gasteiger partial charge is 0.260 e. The number of carbonyl (C=O) groups excluding carboxylic acids is 1. The molecule has 0 saturated carbocycles. The Bertz CT molecular complexity index is 439. The Hall–Kier alpha value is -1.91. The first-order chi connectivity index (χ1) is 6.20. The van der Waals surface area contributed by atoms with E-state index in [4.69, 9.17) is 10.2 Å². The zero-order valence-corrected chi connectivity index (χ0v) is 6.45. The van der Waals surface area contributed by atoms with Gasteiger partial charge < -0.3 is 10.2 Å². The van der Waals surface area contributed by atoms with Crippen molar-refractivity contribution in [2.45, 2.75) is 0 Å². The van der Waals surface area contributed by atoms with Crippen molar-refractivity contribution in [2.75, 3.05) is 5.73 Å². The number of anilines is 1. The molecule has 0 unspecified atom stereocenters. The van der Waals surface area contributed by atoms with Crippen molar-refractivity contribution in [3.8, 4) is 0 Å². The first kappa shape index (κ1) is 7.72. The molecule has 0 atom stereocenters. The van der Waals surface area contributed by atoms with Crippen molar-refractivity contribution in [3.63, 3.8) is 0 Å². The number of rotatable bonds is 1. The highest BCUT2D eigenvalue weighted by molar-refractivity contribution is 5.81. The van der Waals surface area contributed by atoms with Crippen LogP contribution in [0.1, 0.15) is 10.7 Å². The predicted molar refractivity (Wildman–Crippen MR) is 43.8 cm³/mol. The predicted octanol–water partition coefficient (Wildman–Crippen LogP) is 1.36. The van der Waals surface area contributed by atoms with Crippen molar-refractivity contribution < 1.29 is 13.6 Å². The monoisotopic (exact) mass is 180 g/mol. The van der Waals surface area contributed by atoms with Gasteiger partial charge in [-0.25, -0.2) is 9.37 Å². The molecule has 0 amide bonds. The lowest BCUT2D eigenvalue weighted by molar-refractivity contribution is 0.109. The summed E-state index contributed by atoms with van der Waals surface area (Å²) < 4.78 is 17.7. The van der Waals surface area contributed by atoms with Crippen LogP contribution in [0.15, 0.2) is 16.5 Å². The molecular formula is C8H5FN2O2. The standard InChI is InChI=1S/C8H5FN2O2/c9-4-1-7-6(2-5(4)10)11-8(3-12)13-7/h1-3H,10H2. The Labute approximate surface area is 72.2 Å². The van der Waals surface area contributed by atoms with Crippen molar-refractivity contribution in [1.29, 1.82) is 0 Å². The fourth-order valence-corrected chi connectivity index (χ4v) is 1.03. The number of fused-ring (bicyclic) bond motifs is 1. The van der Waals surface area contributed by atoms with E-state index in [9.17, 15) is 9.18 Å². The fourth-order valence-electron chi connectivity index (χ4n) is 1.03. The molecule has 0 spiro atoms. The summed E-state index contributed by atoms with van der Waals surface area (Å²) in [5, 5.41) is 0. The Morgan fingerprint density at radius 1 is 1.54 bits per heavy atom. The molecule has 0 saturated heterocycles. The van der Waals surface area contributed by atoms with Gasteiger partial charge in [0.05, 0.1) is 5.69 Å². The summed E-state index contributed by atoms with van der Waals surface area (Å²) in [7, 11) is 0. The Morgan fingerprint density at radius 2 is 2.31 bits per heavy atom. The summed E-state index contributed by atoms with van der Waals surface area (Å²) in [6.07, 6.45) is 0.452. The molecule has 1 aromatic carbocycles. The highest BCUT2D eigenvalue weighted by Gasteiger charge is 2.07. The summed E-state index contributed by atoms with van der Waals surface area (Å²) in [6.45, 7) is 0. The minimum atomic E-state index is -0.582. The molecule has 4 nitrogen and oxygen atoms in total. The summed E-state index contributed by atoms with van der Waals surface area (Å²) in [6, 6.07) is 2.42. The van der Waals surface area contributed by atoms with Crippen LogP contribution < -0.4 is 5.73 Å². The second-order valence-corrected chi connectivity index (χ2v) is 2.51. The zero-order valence-electron chi connectivity index (χ0n) is 6.45. The fraction of sp³-hybridized carbons (Fsp3) is 0. The number of hydrogen-bond donors (Lipinski definition) is 1. The van der Waals surface area contributed by atoms with E-state index in [1.165, 1.54) is 6.07 Å². The number of carbonyl (C=O) groups is 1. The molecule has 13 heavy (non-hydrogen) atoms. The molecule has 66 valence electrons. The van der Waals surface area contributed by atoms with Gasteiger partial charge in [-0.2, -0.15) is 0 Å². The molecular weight excluding hydrogens is 175 g/mol. The van der Waals surface area contributed by atoms with E-state index >= 15 is 0 Å². The highest BCUT2D eigenvalue weighted by Crippen LogP contribution is 2.20. The zero-order chi connectivity index (χ0) is 9.42. The summed E-state index contributed by atoms with van der Waals surface area (Å²) in [4.78, 5) is 14.0. The van der Waals surface area contributed by atoms with Crippen LogP contribution in [-0.2, 0) is 0 Å². The number of aromatic nitrogens is 1. The van der Waals surface area contributed by atoms with Crippen LogP contribution in [0.2, 0.25) is 0 Å². The van der Waals surface area contributed by atoms with Gasteiger partial charge in [0.15, 0.2) is 5.58 Å². The van der Waals surface area contributed by atoms with Crippen LogP contribution in [-0.4, -0.2) is 11.3 Å². The van der Waals surface area contributed by atoms with Gasteiger partial charge in [-0.15, -0.1) is 0 Å². The lowest BCUT2D eigenvalue weighted by Gasteiger charge is -1.92. The van der Waals surface area contributed by atoms with Gasteiger partial charge in [-0.1, -0.05) is 0 Å². The van der Waals surface area contributed by atoms with Crippen LogP contribution in [0.3, 0.4) is 0 Å². The molecule has 2 N–H and O–H groups in total. The number of oxazole rings is 1. The van der Waals surface area contributed by atoms with Gasteiger partial charge in [0.1, 0.15) is 11.3 Å². The lowest BCUT2D eigenvalue weighted by atomic mass is 10.3. The van der Waals surface area contributed by atoms with Crippen LogP contribution >= 0.6 is 0 Å². The average Bonchev–Trinajstić information content (AvgIpc) is 2.48. The largest absolute Gasteiger partial charge is 0.434 e. The quantitative estimate of drug-likeness (QED) is 0.531. The normalized spacial score (nSPS) is 10.5. The van der Waals surface area contributed by atoms with Crippen LogP contribution in [0, 0.1) is 5.82 Å². The third-order valence-corrected chi connectivity index (χ3v) is 1.62. The molecule has 2 rings (SSSR count). The van der Waals surface area contributed by atoms with Gasteiger partial charge in [-0.3, -0.25) is 4.79 Å². The van der Waals surface area contributed by atoms with E-state index in [0.29, 0.717) is 11.8 Å². The maximum atomic E-state index is 12.9. The van der Waals surface area contributed by atoms with Crippen LogP contribution in [0.5, 0.6) is 0 Å². The molecule has 0 aliphatic heterocycles. The van der Waals surface area contributed by atoms with E-state index < -0.39 is 5.82 Å². The average molecular weight is 180 g/mol. The number of benzene rings is 1. The molecule has 0 aliphatic carbocycles. The van der Waals surface area contributed by atoms with Crippen LogP contribution in [0.4, 0.5) is 10.1 Å². The molecule has 1 aromatic heterocycles. The number of nitrogens with two attached hydrogens (primary N) is 1. The minimum absolute atomic E-state index is 0.0155. The SMILES string of the molecule is Nc1cc2nc(C=O)oc2cc1F. The Balaban J connectivity index is 2.77. The molecule has 2 aromatic rings. The van der Waals surface area contributed by atoms with Crippen molar-refractivity contribution in [2.24, 2.45) is 0 Å². The lowest BCUT2D eigenvalue weighted by Crippen LogP contribution is -1.89. The van der Waals surface area contributed by atoms with Crippen molar-refractivity contribution in [3.05, 3.63) is 23.8 Å². The first-order valence-electron chi connectivity index (χ1n) is 3.51. The number of nitrogens with zero attached hydrogens (tertiary/aromatic N) is 1. The second kappa shape index (κ2) is 2.55. The molecule has 1 heterocycles. The molecule has 0 radical (unpaired) electrons. The van der Waals surface area contributed by atoms with Gasteiger partial charge in [0, 0.05) is 6.07 Å². The van der Waals surface area contributed by atoms with Crippen molar-refractivity contribution in [1.82, 2.24) is 4.98 Å². The van der Waals surface area contributed by atoms with Crippen molar-refractivity contribution >= 4 is 23.1 Å². The van der Waals surface area contributed by atoms with Crippen LogP contribution in [0.25, 0.3) is 11.1 Å². The molecule has 0 aliphatic rings. The number of hydrogen-bond acceptors (Lipinski definition) is 4. The van der Waals surface area contributed by atoms with E-state index in [1.807, 2.05) is 0 Å². The Morgan fingerprint density at radius 3 is 3.00 bits per heavy atom. The maximum Gasteiger partial charge on any atom is 0.260 e. The van der Waals surface area contributed by atoms with Gasteiger partial charge in [0.2, 0.25) is 6.29 Å². The minimum Gasteiger partial charge on any atom is -0.434 e. The van der Waals surface area contributed by atoms with E-state index in [2.05, 4.69) is 4.98 Å². The summed E-state index contributed by atoms with van der Waals surface area (Å²) in [5.74, 6) is -0.666. The topological polar surface area (TPSA) is 69.1 Å². The third kappa shape index (κ3) is 1.14. The number of aldehydes is 1. The van der Waals surface area contributed by atoms with Gasteiger partial charge in [-0.05, 0) is 6.07 Å². The maximum absolute atomic E-state index is 12.9. The number of nitrogen functional groups attached to an aromatic ring is 1.